The predicted octanol–water partition coefficient (Wildman–Crippen LogP) is 3.89. The van der Waals surface area contributed by atoms with Crippen LogP contribution in [0, 0.1) is 11.8 Å². The molecule has 0 saturated heterocycles. The van der Waals surface area contributed by atoms with Gasteiger partial charge in [-0.15, -0.1) is 0 Å². The van der Waals surface area contributed by atoms with Gasteiger partial charge in [0.15, 0.2) is 0 Å². The van der Waals surface area contributed by atoms with E-state index in [4.69, 9.17) is 0 Å². The highest BCUT2D eigenvalue weighted by atomic mass is 32.2. The summed E-state index contributed by atoms with van der Waals surface area (Å²) in [6.45, 7) is 7.57. The molecule has 0 heterocycles. The van der Waals surface area contributed by atoms with Gasteiger partial charge in [-0.1, -0.05) is 51.2 Å². The van der Waals surface area contributed by atoms with E-state index in [1.807, 2.05) is 6.92 Å². The lowest BCUT2D eigenvalue weighted by Gasteiger charge is -2.25. The third-order valence-corrected chi connectivity index (χ3v) is 5.64. The lowest BCUT2D eigenvalue weighted by Crippen LogP contribution is -2.32. The molecular weight excluding hydrogens is 266 g/mol. The van der Waals surface area contributed by atoms with Gasteiger partial charge in [0, 0.05) is 34.9 Å². The highest BCUT2D eigenvalue weighted by Gasteiger charge is 2.16. The van der Waals surface area contributed by atoms with E-state index in [2.05, 4.69) is 31.3 Å². The molecule has 1 aliphatic carbocycles. The first-order chi connectivity index (χ1) is 9.49. The minimum Gasteiger partial charge on any atom is -0.314 e. The summed E-state index contributed by atoms with van der Waals surface area (Å²) in [6, 6.07) is 0.617. The monoisotopic (exact) mass is 299 g/mol. The normalized spacial score (nSPS) is 23.6. The Hall–Kier alpha value is -0.150. The number of hydrogen-bond acceptors (Lipinski definition) is 2. The highest BCUT2D eigenvalue weighted by molar-refractivity contribution is 7.85. The van der Waals surface area contributed by atoms with Crippen molar-refractivity contribution in [3.63, 3.8) is 0 Å². The molecule has 2 nitrogen and oxygen atoms in total. The predicted molar refractivity (Wildman–Crippen MR) is 90.5 cm³/mol. The second kappa shape index (κ2) is 9.73. The summed E-state index contributed by atoms with van der Waals surface area (Å²) in [5, 5.41) is 3.82. The topological polar surface area (TPSA) is 29.1 Å². The Morgan fingerprint density at radius 3 is 2.40 bits per heavy atom. The molecule has 1 saturated carbocycles. The molecule has 1 aliphatic rings. The highest BCUT2D eigenvalue weighted by Crippen LogP contribution is 2.27. The molecule has 4 atom stereocenters. The first-order valence-corrected chi connectivity index (χ1v) is 9.85. The van der Waals surface area contributed by atoms with Crippen LogP contribution in [0.3, 0.4) is 0 Å². The Kier molecular flexibility index (Phi) is 8.70. The summed E-state index contributed by atoms with van der Waals surface area (Å²) in [4.78, 5) is 0. The van der Waals surface area contributed by atoms with Crippen molar-refractivity contribution in [2.45, 2.75) is 70.6 Å². The first-order valence-electron chi connectivity index (χ1n) is 8.23. The molecule has 1 fully saturated rings. The fraction of sp³-hybridized carbons (Fsp3) is 0.882. The fourth-order valence-corrected chi connectivity index (χ4v) is 3.23. The smallest absolute Gasteiger partial charge is 0.0496 e. The van der Waals surface area contributed by atoms with Crippen LogP contribution in [0.15, 0.2) is 12.2 Å². The van der Waals surface area contributed by atoms with E-state index in [1.165, 1.54) is 38.5 Å². The van der Waals surface area contributed by atoms with Crippen LogP contribution in [0.2, 0.25) is 0 Å². The summed E-state index contributed by atoms with van der Waals surface area (Å²) in [5.41, 5.74) is 0. The molecule has 118 valence electrons. The van der Waals surface area contributed by atoms with Crippen molar-refractivity contribution in [1.29, 1.82) is 0 Å². The third-order valence-electron chi connectivity index (χ3n) is 4.43. The largest absolute Gasteiger partial charge is 0.314 e. The van der Waals surface area contributed by atoms with E-state index in [0.29, 0.717) is 12.0 Å². The summed E-state index contributed by atoms with van der Waals surface area (Å²) in [6.07, 6.45) is 14.6. The molecule has 0 amide bonds. The molecule has 0 radical (unpaired) electrons. The number of rotatable bonds is 8. The van der Waals surface area contributed by atoms with Gasteiger partial charge in [-0.05, 0) is 32.1 Å². The maximum Gasteiger partial charge on any atom is 0.0496 e. The van der Waals surface area contributed by atoms with E-state index >= 15 is 0 Å². The molecule has 20 heavy (non-hydrogen) atoms. The Balaban J connectivity index is 2.19. The van der Waals surface area contributed by atoms with E-state index in [1.54, 1.807) is 6.26 Å². The minimum absolute atomic E-state index is 0.164. The maximum atomic E-state index is 11.3. The van der Waals surface area contributed by atoms with Crippen LogP contribution in [0.25, 0.3) is 0 Å². The van der Waals surface area contributed by atoms with Crippen LogP contribution in [-0.4, -0.2) is 28.3 Å². The summed E-state index contributed by atoms with van der Waals surface area (Å²) < 4.78 is 11.3. The van der Waals surface area contributed by atoms with Crippen molar-refractivity contribution in [3.8, 4) is 0 Å². The van der Waals surface area contributed by atoms with Crippen molar-refractivity contribution in [2.24, 2.45) is 11.8 Å². The van der Waals surface area contributed by atoms with Gasteiger partial charge in [0.25, 0.3) is 0 Å². The Labute approximate surface area is 128 Å². The lowest BCUT2D eigenvalue weighted by molar-refractivity contribution is 0.303. The second-order valence-electron chi connectivity index (χ2n) is 6.61. The Morgan fingerprint density at radius 1 is 1.15 bits per heavy atom. The molecule has 1 N–H and O–H groups in total. The molecule has 0 bridgehead atoms. The van der Waals surface area contributed by atoms with Gasteiger partial charge in [0.05, 0.1) is 0 Å². The SMILES string of the molecule is CC(/C=C\[C@@H](C)S(C)=O)CN[C@@H](C)CC1CCCCC1. The zero-order chi connectivity index (χ0) is 15.0. The molecule has 2 unspecified atom stereocenters. The average molecular weight is 300 g/mol. The van der Waals surface area contributed by atoms with Crippen LogP contribution < -0.4 is 5.32 Å². The van der Waals surface area contributed by atoms with Crippen LogP contribution in [0.5, 0.6) is 0 Å². The molecule has 0 aliphatic heterocycles. The van der Waals surface area contributed by atoms with Gasteiger partial charge < -0.3 is 5.32 Å². The van der Waals surface area contributed by atoms with Gasteiger partial charge in [-0.3, -0.25) is 4.21 Å². The minimum atomic E-state index is -0.752. The van der Waals surface area contributed by atoms with Crippen molar-refractivity contribution in [1.82, 2.24) is 5.32 Å². The van der Waals surface area contributed by atoms with Crippen molar-refractivity contribution in [2.75, 3.05) is 12.8 Å². The zero-order valence-electron chi connectivity index (χ0n) is 13.7. The Bertz CT molecular complexity index is 310. The third kappa shape index (κ3) is 7.58. The molecule has 3 heteroatoms. The number of nitrogens with one attached hydrogen (secondary N) is 1. The van der Waals surface area contributed by atoms with E-state index in [-0.39, 0.29) is 5.25 Å². The molecule has 0 aromatic rings. The van der Waals surface area contributed by atoms with E-state index in [0.717, 1.165) is 12.5 Å². The number of hydrogen-bond donors (Lipinski definition) is 1. The van der Waals surface area contributed by atoms with Crippen LogP contribution in [0.4, 0.5) is 0 Å². The van der Waals surface area contributed by atoms with E-state index in [9.17, 15) is 4.21 Å². The zero-order valence-corrected chi connectivity index (χ0v) is 14.5. The maximum absolute atomic E-state index is 11.3. The van der Waals surface area contributed by atoms with Gasteiger partial charge in [-0.2, -0.15) is 0 Å². The average Bonchev–Trinajstić information content (AvgIpc) is 2.43. The van der Waals surface area contributed by atoms with Gasteiger partial charge in [0.2, 0.25) is 0 Å². The summed E-state index contributed by atoms with van der Waals surface area (Å²) >= 11 is 0. The molecular formula is C17H33NOS. The van der Waals surface area contributed by atoms with Crippen molar-refractivity contribution >= 4 is 10.8 Å². The van der Waals surface area contributed by atoms with Crippen LogP contribution >= 0.6 is 0 Å². The van der Waals surface area contributed by atoms with Crippen LogP contribution in [-0.2, 0) is 10.8 Å². The first kappa shape index (κ1) is 17.9. The summed E-state index contributed by atoms with van der Waals surface area (Å²) in [7, 11) is -0.752. The van der Waals surface area contributed by atoms with Crippen molar-refractivity contribution in [3.05, 3.63) is 12.2 Å². The molecule has 1 rings (SSSR count). The fourth-order valence-electron chi connectivity index (χ4n) is 2.92. The van der Waals surface area contributed by atoms with Gasteiger partial charge in [-0.25, -0.2) is 0 Å². The molecule has 0 aromatic heterocycles. The Morgan fingerprint density at radius 2 is 1.80 bits per heavy atom. The van der Waals surface area contributed by atoms with Crippen LogP contribution in [0.1, 0.15) is 59.3 Å². The molecule has 0 spiro atoms. The van der Waals surface area contributed by atoms with Gasteiger partial charge in [0.1, 0.15) is 0 Å². The van der Waals surface area contributed by atoms with Gasteiger partial charge >= 0.3 is 0 Å². The van der Waals surface area contributed by atoms with Crippen molar-refractivity contribution < 1.29 is 4.21 Å². The standard InChI is InChI=1S/C17H33NOS/c1-14(10-11-16(3)20(4)19)13-18-15(2)12-17-8-6-5-7-9-17/h10-11,14-18H,5-9,12-13H2,1-4H3/b11-10-/t14?,15-,16+,20?/m0/s1. The molecule has 0 aromatic carbocycles. The quantitative estimate of drug-likeness (QED) is 0.689. The van der Waals surface area contributed by atoms with E-state index < -0.39 is 10.8 Å². The summed E-state index contributed by atoms with van der Waals surface area (Å²) in [5.74, 6) is 1.45. The second-order valence-corrected chi connectivity index (χ2v) is 8.36. The lowest BCUT2D eigenvalue weighted by atomic mass is 9.85.